The average Bonchev–Trinajstić information content (AvgIpc) is 2.57. The summed E-state index contributed by atoms with van der Waals surface area (Å²) in [5.41, 5.74) is 0.570. The molecule has 0 aromatic heterocycles. The zero-order valence-corrected chi connectivity index (χ0v) is 12.3. The molecule has 1 aliphatic heterocycles. The van der Waals surface area contributed by atoms with Gasteiger partial charge in [0.2, 0.25) is 0 Å². The third-order valence-corrected chi connectivity index (χ3v) is 4.39. The van der Waals surface area contributed by atoms with Gasteiger partial charge in [-0.2, -0.15) is 0 Å². The van der Waals surface area contributed by atoms with E-state index < -0.39 is 6.17 Å². The Morgan fingerprint density at radius 3 is 2.44 bits per heavy atom. The first-order valence-electron chi connectivity index (χ1n) is 5.29. The number of halogens is 2. The van der Waals surface area contributed by atoms with Gasteiger partial charge in [-0.15, -0.1) is 12.6 Å². The van der Waals surface area contributed by atoms with Gasteiger partial charge < -0.3 is 4.90 Å². The third kappa shape index (κ3) is 2.21. The summed E-state index contributed by atoms with van der Waals surface area (Å²) in [5.74, 6) is 0. The smallest absolute Gasteiger partial charge is 0.158 e. The Balaban J connectivity index is 2.41. The highest BCUT2D eigenvalue weighted by atomic mass is 35.5. The van der Waals surface area contributed by atoms with Crippen molar-refractivity contribution in [2.24, 2.45) is 0 Å². The number of hydrogen-bond acceptors (Lipinski definition) is 5. The molecule has 0 bridgehead atoms. The van der Waals surface area contributed by atoms with Crippen LogP contribution in [0.25, 0.3) is 0 Å². The molecule has 1 aromatic rings. The Kier molecular flexibility index (Phi) is 4.08. The van der Waals surface area contributed by atoms with Gasteiger partial charge in [-0.3, -0.25) is 4.79 Å². The van der Waals surface area contributed by atoms with Crippen molar-refractivity contribution in [1.82, 2.24) is 10.0 Å². The van der Waals surface area contributed by atoms with Crippen LogP contribution in [-0.2, 0) is 4.79 Å². The molecule has 2 rings (SSSR count). The van der Waals surface area contributed by atoms with Gasteiger partial charge >= 0.3 is 0 Å². The van der Waals surface area contributed by atoms with Crippen molar-refractivity contribution in [3.8, 4) is 0 Å². The number of nitrogens with zero attached hydrogens (tertiary/aromatic N) is 3. The van der Waals surface area contributed by atoms with Crippen LogP contribution in [0.3, 0.4) is 0 Å². The first-order chi connectivity index (χ1) is 8.47. The van der Waals surface area contributed by atoms with Crippen LogP contribution in [-0.4, -0.2) is 42.1 Å². The summed E-state index contributed by atoms with van der Waals surface area (Å²) in [5, 5.41) is 4.62. The van der Waals surface area contributed by atoms with Gasteiger partial charge in [0.25, 0.3) is 0 Å². The molecule has 0 N–H and O–H groups in total. The number of aldehydes is 1. The van der Waals surface area contributed by atoms with E-state index in [-0.39, 0.29) is 5.50 Å². The predicted molar refractivity (Wildman–Crippen MR) is 77.1 cm³/mol. The van der Waals surface area contributed by atoms with Gasteiger partial charge in [0.15, 0.2) is 12.5 Å². The first-order valence-corrected chi connectivity index (χ1v) is 6.57. The second-order valence-corrected chi connectivity index (χ2v) is 5.33. The van der Waals surface area contributed by atoms with E-state index in [0.29, 0.717) is 10.0 Å². The molecule has 1 heterocycles. The molecule has 0 aliphatic carbocycles. The Hall–Kier alpha value is -0.460. The highest BCUT2D eigenvalue weighted by Gasteiger charge is 2.40. The molecule has 1 aromatic carbocycles. The highest BCUT2D eigenvalue weighted by molar-refractivity contribution is 7.81. The standard InChI is InChI=1S/C11H13Cl2N3OS/c1-14-10(6-17)16(11(18)15(14)2)7-3-4-8(12)9(13)5-7/h3-6,10-11,18H,1-2H3. The maximum atomic E-state index is 11.2. The lowest BCUT2D eigenvalue weighted by atomic mass is 10.3. The lowest BCUT2D eigenvalue weighted by molar-refractivity contribution is -0.113. The van der Waals surface area contributed by atoms with Crippen LogP contribution in [0.15, 0.2) is 18.2 Å². The quantitative estimate of drug-likeness (QED) is 0.670. The fourth-order valence-corrected chi connectivity index (χ4v) is 2.66. The van der Waals surface area contributed by atoms with Crippen LogP contribution < -0.4 is 4.90 Å². The number of benzene rings is 1. The summed E-state index contributed by atoms with van der Waals surface area (Å²) in [4.78, 5) is 13.1. The fraction of sp³-hybridized carbons (Fsp3) is 0.364. The molecule has 0 radical (unpaired) electrons. The molecule has 0 amide bonds. The van der Waals surface area contributed by atoms with Gasteiger partial charge in [0.05, 0.1) is 10.0 Å². The molecule has 2 unspecified atom stereocenters. The second-order valence-electron chi connectivity index (χ2n) is 4.05. The van der Waals surface area contributed by atoms with Crippen LogP contribution >= 0.6 is 35.8 Å². The number of rotatable bonds is 2. The summed E-state index contributed by atoms with van der Waals surface area (Å²) in [6.07, 6.45) is 0.463. The molecular weight excluding hydrogens is 293 g/mol. The molecule has 18 heavy (non-hydrogen) atoms. The van der Waals surface area contributed by atoms with Crippen LogP contribution in [0.5, 0.6) is 0 Å². The molecule has 1 fully saturated rings. The van der Waals surface area contributed by atoms with Crippen LogP contribution in [0, 0.1) is 0 Å². The van der Waals surface area contributed by atoms with Crippen molar-refractivity contribution >= 4 is 47.8 Å². The Morgan fingerprint density at radius 2 is 1.89 bits per heavy atom. The summed E-state index contributed by atoms with van der Waals surface area (Å²) >= 11 is 16.4. The number of hydrogen-bond donors (Lipinski definition) is 1. The highest BCUT2D eigenvalue weighted by Crippen LogP contribution is 2.34. The average molecular weight is 306 g/mol. The monoisotopic (exact) mass is 305 g/mol. The molecule has 0 spiro atoms. The predicted octanol–water partition coefficient (Wildman–Crippen LogP) is 2.33. The van der Waals surface area contributed by atoms with Crippen molar-refractivity contribution < 1.29 is 4.79 Å². The minimum atomic E-state index is -0.408. The molecule has 7 heteroatoms. The van der Waals surface area contributed by atoms with Gasteiger partial charge in [0.1, 0.15) is 5.50 Å². The summed E-state index contributed by atoms with van der Waals surface area (Å²) in [6, 6.07) is 5.26. The Labute approximate surface area is 121 Å². The fourth-order valence-electron chi connectivity index (χ4n) is 1.93. The molecule has 4 nitrogen and oxygen atoms in total. The van der Waals surface area contributed by atoms with Crippen LogP contribution in [0.1, 0.15) is 0 Å². The van der Waals surface area contributed by atoms with E-state index in [4.69, 9.17) is 23.2 Å². The maximum Gasteiger partial charge on any atom is 0.158 e. The van der Waals surface area contributed by atoms with Crippen molar-refractivity contribution in [2.75, 3.05) is 19.0 Å². The number of anilines is 1. The molecular formula is C11H13Cl2N3OS. The van der Waals surface area contributed by atoms with E-state index in [1.54, 1.807) is 12.1 Å². The summed E-state index contributed by atoms with van der Waals surface area (Å²) in [7, 11) is 3.70. The minimum Gasteiger partial charge on any atom is -0.322 e. The Morgan fingerprint density at radius 1 is 1.22 bits per heavy atom. The number of thiol groups is 1. The zero-order chi connectivity index (χ0) is 13.4. The summed E-state index contributed by atoms with van der Waals surface area (Å²) in [6.45, 7) is 0. The van der Waals surface area contributed by atoms with E-state index in [1.807, 2.05) is 35.1 Å². The van der Waals surface area contributed by atoms with Gasteiger partial charge in [-0.1, -0.05) is 23.2 Å². The van der Waals surface area contributed by atoms with Gasteiger partial charge in [0, 0.05) is 19.8 Å². The molecule has 1 saturated heterocycles. The van der Waals surface area contributed by atoms with Crippen molar-refractivity contribution in [3.05, 3.63) is 28.2 Å². The lowest BCUT2D eigenvalue weighted by Gasteiger charge is -2.26. The van der Waals surface area contributed by atoms with E-state index >= 15 is 0 Å². The molecule has 98 valence electrons. The van der Waals surface area contributed by atoms with Crippen molar-refractivity contribution in [1.29, 1.82) is 0 Å². The zero-order valence-electron chi connectivity index (χ0n) is 9.92. The van der Waals surface area contributed by atoms with Crippen molar-refractivity contribution in [3.63, 3.8) is 0 Å². The largest absolute Gasteiger partial charge is 0.322 e. The molecule has 1 aliphatic rings. The maximum absolute atomic E-state index is 11.2. The SMILES string of the molecule is CN1C(S)N(c2ccc(Cl)c(Cl)c2)C(C=O)N1C. The number of carbonyl (C=O) groups excluding carboxylic acids is 1. The third-order valence-electron chi connectivity index (χ3n) is 3.07. The van der Waals surface area contributed by atoms with Crippen LogP contribution in [0.4, 0.5) is 5.69 Å². The normalized spacial score (nSPS) is 25.7. The topological polar surface area (TPSA) is 26.8 Å². The summed E-state index contributed by atoms with van der Waals surface area (Å²) < 4.78 is 0. The van der Waals surface area contributed by atoms with Gasteiger partial charge in [-0.25, -0.2) is 10.0 Å². The number of likely N-dealkylation sites (N-methyl/N-ethyl adjacent to an activating group) is 1. The minimum absolute atomic E-state index is 0.234. The first kappa shape index (κ1) is 14.0. The van der Waals surface area contributed by atoms with E-state index in [0.717, 1.165) is 12.0 Å². The van der Waals surface area contributed by atoms with E-state index in [2.05, 4.69) is 12.6 Å². The number of carbonyl (C=O) groups is 1. The second kappa shape index (κ2) is 5.27. The molecule has 0 saturated carbocycles. The van der Waals surface area contributed by atoms with E-state index in [1.165, 1.54) is 0 Å². The van der Waals surface area contributed by atoms with Crippen LogP contribution in [0.2, 0.25) is 10.0 Å². The van der Waals surface area contributed by atoms with Gasteiger partial charge in [-0.05, 0) is 18.2 Å². The number of hydrazine groups is 1. The van der Waals surface area contributed by atoms with Crippen molar-refractivity contribution in [2.45, 2.75) is 11.7 Å². The molecule has 2 atom stereocenters. The lowest BCUT2D eigenvalue weighted by Crippen LogP contribution is -2.40. The Bertz CT molecular complexity index is 474. The van der Waals surface area contributed by atoms with E-state index in [9.17, 15) is 4.79 Å².